The Morgan fingerprint density at radius 3 is 3.00 bits per heavy atom. The lowest BCUT2D eigenvalue weighted by Crippen LogP contribution is -2.31. The first-order valence-electron chi connectivity index (χ1n) is 6.46. The second-order valence-corrected chi connectivity index (χ2v) is 4.46. The fourth-order valence-electron chi connectivity index (χ4n) is 1.64. The molecule has 0 aliphatic heterocycles. The Hall–Kier alpha value is -3.03. The molecule has 2 aromatic heterocycles. The largest absolute Gasteiger partial charge is 0.361 e. The van der Waals surface area contributed by atoms with Gasteiger partial charge in [-0.25, -0.2) is 4.98 Å². The number of amides is 1. The zero-order valence-corrected chi connectivity index (χ0v) is 11.9. The minimum Gasteiger partial charge on any atom is -0.361 e. The topological polar surface area (TPSA) is 95.7 Å². The third-order valence-corrected chi connectivity index (χ3v) is 2.58. The highest BCUT2D eigenvalue weighted by molar-refractivity contribution is 6.02. The van der Waals surface area contributed by atoms with Crippen LogP contribution < -0.4 is 10.6 Å². The highest BCUT2D eigenvalue weighted by Gasteiger charge is 2.04. The Bertz CT molecular complexity index is 709. The maximum absolute atomic E-state index is 12.9. The lowest BCUT2D eigenvalue weighted by atomic mass is 10.4. The molecular weight excluding hydrogens is 287 g/mol. The van der Waals surface area contributed by atoms with Gasteiger partial charge in [0.1, 0.15) is 12.4 Å². The third-order valence-electron chi connectivity index (χ3n) is 2.58. The zero-order chi connectivity index (χ0) is 15.9. The molecule has 1 amide bonds. The Balaban J connectivity index is 1.79. The number of anilines is 1. The van der Waals surface area contributed by atoms with Crippen molar-refractivity contribution in [1.29, 1.82) is 5.41 Å². The van der Waals surface area contributed by atoms with Crippen molar-refractivity contribution in [2.45, 2.75) is 13.5 Å². The molecule has 0 aliphatic rings. The fourth-order valence-corrected chi connectivity index (χ4v) is 1.64. The number of carbonyl (C=O) groups excluding carboxylic acids is 1. The molecule has 3 N–H and O–H groups in total. The van der Waals surface area contributed by atoms with Crippen molar-refractivity contribution in [3.05, 3.63) is 54.5 Å². The van der Waals surface area contributed by atoms with Crippen LogP contribution in [0, 0.1) is 18.3 Å². The molecule has 0 atom stereocenters. The Labute approximate surface area is 126 Å². The van der Waals surface area contributed by atoms with Gasteiger partial charge in [-0.15, -0.1) is 0 Å². The summed E-state index contributed by atoms with van der Waals surface area (Å²) in [4.78, 5) is 15.1. The Kier molecular flexibility index (Phi) is 4.97. The van der Waals surface area contributed by atoms with E-state index < -0.39 is 5.95 Å². The smallest absolute Gasteiger partial charge is 0.247 e. The lowest BCUT2D eigenvalue weighted by molar-refractivity contribution is -0.120. The van der Waals surface area contributed by atoms with Crippen LogP contribution in [0.1, 0.15) is 5.69 Å². The molecule has 2 aromatic rings. The van der Waals surface area contributed by atoms with Gasteiger partial charge in [-0.05, 0) is 25.1 Å². The van der Waals surface area contributed by atoms with E-state index in [1.54, 1.807) is 18.3 Å². The molecule has 2 heterocycles. The number of rotatable bonds is 5. The minimum atomic E-state index is -0.601. The number of amidine groups is 1. The molecule has 0 aromatic carbocycles. The standard InChI is InChI=1S/C14H15FN6O/c1-10-4-7-21(20-10)9-14(22)19-13(16)3-6-17-11-2-5-18-12(15)8-11/h2-8H,9H2,1H3,(H,17,18)(H2,16,19,22)/b6-3-. The van der Waals surface area contributed by atoms with Gasteiger partial charge in [0, 0.05) is 30.3 Å². The van der Waals surface area contributed by atoms with Crippen LogP contribution in [0.2, 0.25) is 0 Å². The molecule has 0 bridgehead atoms. The van der Waals surface area contributed by atoms with Crippen molar-refractivity contribution in [3.8, 4) is 0 Å². The summed E-state index contributed by atoms with van der Waals surface area (Å²) in [5, 5.41) is 16.9. The van der Waals surface area contributed by atoms with Gasteiger partial charge in [0.15, 0.2) is 0 Å². The number of aromatic nitrogens is 3. The second-order valence-electron chi connectivity index (χ2n) is 4.46. The van der Waals surface area contributed by atoms with E-state index >= 15 is 0 Å². The number of aryl methyl sites for hydroxylation is 1. The predicted octanol–water partition coefficient (Wildman–Crippen LogP) is 1.44. The Morgan fingerprint density at radius 2 is 2.32 bits per heavy atom. The van der Waals surface area contributed by atoms with E-state index in [1.165, 1.54) is 29.2 Å². The number of halogens is 1. The molecule has 114 valence electrons. The first-order valence-corrected chi connectivity index (χ1v) is 6.46. The summed E-state index contributed by atoms with van der Waals surface area (Å²) in [6.45, 7) is 1.86. The highest BCUT2D eigenvalue weighted by atomic mass is 19.1. The Morgan fingerprint density at radius 1 is 1.50 bits per heavy atom. The van der Waals surface area contributed by atoms with Crippen molar-refractivity contribution in [3.63, 3.8) is 0 Å². The summed E-state index contributed by atoms with van der Waals surface area (Å²) < 4.78 is 14.3. The van der Waals surface area contributed by atoms with Gasteiger partial charge in [-0.1, -0.05) is 0 Å². The molecule has 0 aliphatic carbocycles. The zero-order valence-electron chi connectivity index (χ0n) is 11.9. The number of carbonyl (C=O) groups is 1. The van der Waals surface area contributed by atoms with Gasteiger partial charge in [0.25, 0.3) is 0 Å². The van der Waals surface area contributed by atoms with Gasteiger partial charge >= 0.3 is 0 Å². The summed E-state index contributed by atoms with van der Waals surface area (Å²) >= 11 is 0. The van der Waals surface area contributed by atoms with E-state index in [0.29, 0.717) is 5.69 Å². The maximum Gasteiger partial charge on any atom is 0.247 e. The summed E-state index contributed by atoms with van der Waals surface area (Å²) in [5.74, 6) is -1.04. The number of hydrogen-bond acceptors (Lipinski definition) is 5. The summed E-state index contributed by atoms with van der Waals surface area (Å²) in [7, 11) is 0. The number of pyridine rings is 1. The molecule has 0 unspecified atom stereocenters. The molecule has 7 nitrogen and oxygen atoms in total. The summed E-state index contributed by atoms with van der Waals surface area (Å²) in [5.41, 5.74) is 1.31. The predicted molar refractivity (Wildman–Crippen MR) is 79.8 cm³/mol. The number of hydrogen-bond donors (Lipinski definition) is 3. The van der Waals surface area contributed by atoms with Crippen LogP contribution in [0.15, 0.2) is 42.9 Å². The van der Waals surface area contributed by atoms with Crippen molar-refractivity contribution < 1.29 is 9.18 Å². The van der Waals surface area contributed by atoms with E-state index in [9.17, 15) is 9.18 Å². The van der Waals surface area contributed by atoms with Gasteiger partial charge in [-0.2, -0.15) is 9.49 Å². The van der Waals surface area contributed by atoms with E-state index in [4.69, 9.17) is 5.41 Å². The van der Waals surface area contributed by atoms with Crippen LogP contribution in [0.25, 0.3) is 0 Å². The van der Waals surface area contributed by atoms with Crippen molar-refractivity contribution in [1.82, 2.24) is 20.1 Å². The van der Waals surface area contributed by atoms with Crippen LogP contribution in [0.4, 0.5) is 10.1 Å². The summed E-state index contributed by atoms with van der Waals surface area (Å²) in [6.07, 6.45) is 5.79. The summed E-state index contributed by atoms with van der Waals surface area (Å²) in [6, 6.07) is 4.58. The molecule has 0 spiro atoms. The van der Waals surface area contributed by atoms with Crippen molar-refractivity contribution >= 4 is 17.4 Å². The highest BCUT2D eigenvalue weighted by Crippen LogP contribution is 2.05. The first-order chi connectivity index (χ1) is 10.5. The van der Waals surface area contributed by atoms with Crippen LogP contribution in [-0.2, 0) is 11.3 Å². The van der Waals surface area contributed by atoms with Crippen LogP contribution >= 0.6 is 0 Å². The molecular formula is C14H15FN6O. The second kappa shape index (κ2) is 7.11. The monoisotopic (exact) mass is 302 g/mol. The molecule has 0 saturated carbocycles. The molecule has 2 rings (SSSR count). The van der Waals surface area contributed by atoms with E-state index in [-0.39, 0.29) is 18.3 Å². The lowest BCUT2D eigenvalue weighted by Gasteiger charge is -2.04. The molecule has 22 heavy (non-hydrogen) atoms. The average molecular weight is 302 g/mol. The SMILES string of the molecule is Cc1ccn(CC(=O)NC(=N)/C=C\Nc2ccnc(F)c2)n1. The molecule has 0 radical (unpaired) electrons. The van der Waals surface area contributed by atoms with Gasteiger partial charge in [-0.3, -0.25) is 14.9 Å². The van der Waals surface area contributed by atoms with Crippen molar-refractivity contribution in [2.24, 2.45) is 0 Å². The number of nitrogens with one attached hydrogen (secondary N) is 3. The molecule has 0 fully saturated rings. The van der Waals surface area contributed by atoms with E-state index in [2.05, 4.69) is 20.7 Å². The quantitative estimate of drug-likeness (QED) is 0.442. The van der Waals surface area contributed by atoms with Gasteiger partial charge in [0.05, 0.1) is 5.69 Å². The first kappa shape index (κ1) is 15.4. The minimum absolute atomic E-state index is 0.0348. The van der Waals surface area contributed by atoms with Crippen molar-refractivity contribution in [2.75, 3.05) is 5.32 Å². The normalized spacial score (nSPS) is 10.6. The maximum atomic E-state index is 12.9. The van der Waals surface area contributed by atoms with E-state index in [1.807, 2.05) is 6.92 Å². The number of nitrogens with zero attached hydrogens (tertiary/aromatic N) is 3. The molecule has 0 saturated heterocycles. The van der Waals surface area contributed by atoms with Crippen LogP contribution in [0.5, 0.6) is 0 Å². The van der Waals surface area contributed by atoms with Crippen LogP contribution in [0.3, 0.4) is 0 Å². The van der Waals surface area contributed by atoms with Gasteiger partial charge < -0.3 is 10.6 Å². The van der Waals surface area contributed by atoms with Crippen LogP contribution in [-0.4, -0.2) is 26.5 Å². The average Bonchev–Trinajstić information content (AvgIpc) is 2.83. The third kappa shape index (κ3) is 4.82. The molecule has 8 heteroatoms. The van der Waals surface area contributed by atoms with Gasteiger partial charge in [0.2, 0.25) is 11.9 Å². The van der Waals surface area contributed by atoms with E-state index in [0.717, 1.165) is 5.69 Å². The fraction of sp³-hybridized carbons (Fsp3) is 0.143.